The maximum atomic E-state index is 12.0. The van der Waals surface area contributed by atoms with Crippen molar-refractivity contribution in [1.82, 2.24) is 4.90 Å². The number of rotatable bonds is 7. The molecule has 0 bridgehead atoms. The van der Waals surface area contributed by atoms with Gasteiger partial charge in [0.2, 0.25) is 0 Å². The van der Waals surface area contributed by atoms with E-state index in [4.69, 9.17) is 9.47 Å². The molecule has 2 atom stereocenters. The number of carbonyl (C=O) groups is 1. The van der Waals surface area contributed by atoms with Crippen molar-refractivity contribution in [2.24, 2.45) is 23.7 Å². The van der Waals surface area contributed by atoms with Crippen molar-refractivity contribution in [3.63, 3.8) is 0 Å². The number of likely N-dealkylation sites (tertiary alicyclic amines) is 1. The molecule has 2 unspecified atom stereocenters. The van der Waals surface area contributed by atoms with Crippen molar-refractivity contribution < 1.29 is 14.3 Å². The highest BCUT2D eigenvalue weighted by Gasteiger charge is 2.38. The van der Waals surface area contributed by atoms with Gasteiger partial charge >= 0.3 is 5.97 Å². The Morgan fingerprint density at radius 3 is 2.47 bits per heavy atom. The Morgan fingerprint density at radius 2 is 1.71 bits per heavy atom. The number of ether oxygens (including phenoxy) is 2. The Bertz CT molecular complexity index is 974. The fraction of sp³-hybridized carbons (Fsp3) is 0.633. The first-order valence-corrected chi connectivity index (χ1v) is 13.6. The summed E-state index contributed by atoms with van der Waals surface area (Å²) in [6, 6.07) is 13.5. The molecule has 2 aromatic rings. The molecule has 2 saturated carbocycles. The van der Waals surface area contributed by atoms with Gasteiger partial charge in [0.15, 0.2) is 0 Å². The Labute approximate surface area is 205 Å². The van der Waals surface area contributed by atoms with Crippen molar-refractivity contribution >= 4 is 16.7 Å². The molecule has 0 N–H and O–H groups in total. The minimum absolute atomic E-state index is 0.00512. The maximum absolute atomic E-state index is 12.0. The number of carbonyl (C=O) groups excluding carboxylic acids is 1. The minimum Gasteiger partial charge on any atom is -0.490 e. The number of benzene rings is 2. The first kappa shape index (κ1) is 23.7. The van der Waals surface area contributed by atoms with Gasteiger partial charge in [-0.3, -0.25) is 9.69 Å². The van der Waals surface area contributed by atoms with Crippen molar-refractivity contribution in [2.75, 3.05) is 20.2 Å². The highest BCUT2D eigenvalue weighted by atomic mass is 16.5. The molecule has 4 heteroatoms. The number of hydrogen-bond acceptors (Lipinski definition) is 4. The molecular weight excluding hydrogens is 422 g/mol. The predicted molar refractivity (Wildman–Crippen MR) is 137 cm³/mol. The van der Waals surface area contributed by atoms with Crippen LogP contribution in [-0.2, 0) is 16.1 Å². The van der Waals surface area contributed by atoms with Gasteiger partial charge in [0.25, 0.3) is 0 Å². The summed E-state index contributed by atoms with van der Waals surface area (Å²) in [4.78, 5) is 14.5. The molecule has 0 spiro atoms. The molecule has 2 aromatic carbocycles. The number of methoxy groups -OCH3 is 1. The number of nitrogens with zero attached hydrogens (tertiary/aromatic N) is 1. The van der Waals surface area contributed by atoms with Crippen LogP contribution in [0.2, 0.25) is 0 Å². The van der Waals surface area contributed by atoms with E-state index < -0.39 is 0 Å². The van der Waals surface area contributed by atoms with Gasteiger partial charge in [-0.1, -0.05) is 44.4 Å². The smallest absolute Gasteiger partial charge is 0.308 e. The lowest BCUT2D eigenvalue weighted by atomic mass is 9.72. The van der Waals surface area contributed by atoms with Crippen LogP contribution in [0.25, 0.3) is 10.8 Å². The number of esters is 1. The largest absolute Gasteiger partial charge is 0.490 e. The van der Waals surface area contributed by atoms with Crippen LogP contribution in [0.1, 0.15) is 70.3 Å². The second-order valence-electron chi connectivity index (χ2n) is 11.1. The summed E-state index contributed by atoms with van der Waals surface area (Å²) < 4.78 is 11.3. The van der Waals surface area contributed by atoms with Crippen LogP contribution in [-0.4, -0.2) is 37.2 Å². The van der Waals surface area contributed by atoms with E-state index in [-0.39, 0.29) is 11.9 Å². The molecule has 4 nitrogen and oxygen atoms in total. The summed E-state index contributed by atoms with van der Waals surface area (Å²) in [5, 5.41) is 2.56. The van der Waals surface area contributed by atoms with Crippen LogP contribution >= 0.6 is 0 Å². The molecule has 1 saturated heterocycles. The standard InChI is InChI=1S/C30H41NO3/c1-3-21-8-12-28(13-9-21)34-29-14-11-24-15-22(7-10-25(24)17-29)18-31-19-27(20-31)23-5-4-6-26(16-23)30(32)33-2/h7,10-11,14-15,17,21,23,26-28H,3-6,8-9,12-13,16,18-20H2,1-2H3. The van der Waals surface area contributed by atoms with Crippen LogP contribution in [0.15, 0.2) is 36.4 Å². The third kappa shape index (κ3) is 5.43. The Balaban J connectivity index is 1.12. The summed E-state index contributed by atoms with van der Waals surface area (Å²) in [5.41, 5.74) is 1.38. The first-order chi connectivity index (χ1) is 16.6. The zero-order valence-corrected chi connectivity index (χ0v) is 21.0. The van der Waals surface area contributed by atoms with Crippen LogP contribution in [0.4, 0.5) is 0 Å². The zero-order chi connectivity index (χ0) is 23.5. The van der Waals surface area contributed by atoms with Crippen molar-refractivity contribution in [3.05, 3.63) is 42.0 Å². The highest BCUT2D eigenvalue weighted by Crippen LogP contribution is 2.39. The molecule has 34 heavy (non-hydrogen) atoms. The molecule has 0 amide bonds. The maximum Gasteiger partial charge on any atom is 0.308 e. The van der Waals surface area contributed by atoms with E-state index in [1.54, 1.807) is 0 Å². The third-order valence-electron chi connectivity index (χ3n) is 8.86. The average Bonchev–Trinajstić information content (AvgIpc) is 2.86. The number of fused-ring (bicyclic) bond motifs is 1. The second kappa shape index (κ2) is 10.7. The lowest BCUT2D eigenvalue weighted by Crippen LogP contribution is -2.50. The highest BCUT2D eigenvalue weighted by molar-refractivity contribution is 5.84. The quantitative estimate of drug-likeness (QED) is 0.434. The summed E-state index contributed by atoms with van der Waals surface area (Å²) in [5.74, 6) is 3.45. The lowest BCUT2D eigenvalue weighted by molar-refractivity contribution is -0.147. The van der Waals surface area contributed by atoms with E-state index in [9.17, 15) is 4.79 Å². The van der Waals surface area contributed by atoms with Gasteiger partial charge in [-0.25, -0.2) is 0 Å². The lowest BCUT2D eigenvalue weighted by Gasteiger charge is -2.45. The molecule has 2 aliphatic carbocycles. The van der Waals surface area contributed by atoms with E-state index >= 15 is 0 Å². The Kier molecular flexibility index (Phi) is 7.43. The van der Waals surface area contributed by atoms with E-state index in [0.717, 1.165) is 56.5 Å². The monoisotopic (exact) mass is 463 g/mol. The third-order valence-corrected chi connectivity index (χ3v) is 8.86. The number of hydrogen-bond donors (Lipinski definition) is 0. The van der Waals surface area contributed by atoms with Crippen molar-refractivity contribution in [2.45, 2.75) is 77.4 Å². The normalized spacial score (nSPS) is 28.4. The van der Waals surface area contributed by atoms with Crippen LogP contribution in [0.3, 0.4) is 0 Å². The molecule has 1 heterocycles. The molecule has 184 valence electrons. The predicted octanol–water partition coefficient (Wildman–Crippen LogP) is 6.60. The second-order valence-corrected chi connectivity index (χ2v) is 11.1. The molecule has 3 fully saturated rings. The van der Waals surface area contributed by atoms with Gasteiger partial charge in [-0.2, -0.15) is 0 Å². The SMILES string of the molecule is CCC1CCC(Oc2ccc3cc(CN4CC(C5CCCC(C(=O)OC)C5)C4)ccc3c2)CC1. The average molecular weight is 464 g/mol. The zero-order valence-electron chi connectivity index (χ0n) is 21.0. The molecule has 5 rings (SSSR count). The van der Waals surface area contributed by atoms with Crippen molar-refractivity contribution in [1.29, 1.82) is 0 Å². The van der Waals surface area contributed by atoms with Gasteiger partial charge < -0.3 is 9.47 Å². The molecular formula is C30H41NO3. The summed E-state index contributed by atoms with van der Waals surface area (Å²) in [7, 11) is 1.52. The molecule has 3 aliphatic rings. The van der Waals surface area contributed by atoms with E-state index in [1.165, 1.54) is 62.0 Å². The van der Waals surface area contributed by atoms with Crippen LogP contribution in [0, 0.1) is 23.7 Å². The van der Waals surface area contributed by atoms with Gasteiger partial charge in [0, 0.05) is 19.6 Å². The molecule has 0 radical (unpaired) electrons. The van der Waals surface area contributed by atoms with E-state index in [2.05, 4.69) is 48.2 Å². The molecule has 1 aliphatic heterocycles. The van der Waals surface area contributed by atoms with Crippen LogP contribution < -0.4 is 4.74 Å². The van der Waals surface area contributed by atoms with E-state index in [0.29, 0.717) is 12.0 Å². The summed E-state index contributed by atoms with van der Waals surface area (Å²) in [6.45, 7) is 5.63. The van der Waals surface area contributed by atoms with Crippen LogP contribution in [0.5, 0.6) is 5.75 Å². The topological polar surface area (TPSA) is 38.8 Å². The summed E-state index contributed by atoms with van der Waals surface area (Å²) >= 11 is 0. The minimum atomic E-state index is -0.00512. The van der Waals surface area contributed by atoms with Gasteiger partial charge in [0.05, 0.1) is 19.1 Å². The van der Waals surface area contributed by atoms with Gasteiger partial charge in [-0.15, -0.1) is 0 Å². The Morgan fingerprint density at radius 1 is 0.941 bits per heavy atom. The van der Waals surface area contributed by atoms with Crippen molar-refractivity contribution in [3.8, 4) is 5.75 Å². The Hall–Kier alpha value is -2.07. The van der Waals surface area contributed by atoms with Gasteiger partial charge in [0.1, 0.15) is 5.75 Å². The summed E-state index contributed by atoms with van der Waals surface area (Å²) in [6.07, 6.45) is 11.1. The molecule has 0 aromatic heterocycles. The van der Waals surface area contributed by atoms with Gasteiger partial charge in [-0.05, 0) is 90.8 Å². The first-order valence-electron chi connectivity index (χ1n) is 13.6. The fourth-order valence-electron chi connectivity index (χ4n) is 6.63. The fourth-order valence-corrected chi connectivity index (χ4v) is 6.63. The van der Waals surface area contributed by atoms with E-state index in [1.807, 2.05) is 0 Å².